The lowest BCUT2D eigenvalue weighted by atomic mass is 10.1. The highest BCUT2D eigenvalue weighted by molar-refractivity contribution is 7.92. The van der Waals surface area contributed by atoms with Crippen molar-refractivity contribution in [3.8, 4) is 0 Å². The maximum absolute atomic E-state index is 11.0. The molecule has 0 aromatic heterocycles. The van der Waals surface area contributed by atoms with Crippen LogP contribution in [0, 0.1) is 0 Å². The van der Waals surface area contributed by atoms with E-state index < -0.39 is 20.1 Å². The molecule has 0 saturated heterocycles. The van der Waals surface area contributed by atoms with Gasteiger partial charge in [-0.1, -0.05) is 39.8 Å². The van der Waals surface area contributed by atoms with Crippen molar-refractivity contribution in [2.75, 3.05) is 23.8 Å². The van der Waals surface area contributed by atoms with Crippen LogP contribution in [0.3, 0.4) is 0 Å². The summed E-state index contributed by atoms with van der Waals surface area (Å²) in [4.78, 5) is 0. The number of anilines is 1. The first-order valence-electron chi connectivity index (χ1n) is 7.57. The van der Waals surface area contributed by atoms with Crippen LogP contribution in [0.25, 0.3) is 0 Å². The van der Waals surface area contributed by atoms with E-state index in [1.807, 2.05) is 27.7 Å². The molecule has 0 amide bonds. The molecule has 0 aliphatic rings. The second-order valence-electron chi connectivity index (χ2n) is 4.20. The Kier molecular flexibility index (Phi) is 12.9. The number of sulfonamides is 1. The molecule has 6 nitrogen and oxygen atoms in total. The van der Waals surface area contributed by atoms with Crippen molar-refractivity contribution < 1.29 is 21.0 Å². The fraction of sp³-hybridized carbons (Fsp3) is 0.600. The molecule has 136 valence electrons. The minimum absolute atomic E-state index is 0.141. The van der Waals surface area contributed by atoms with Gasteiger partial charge in [-0.3, -0.25) is 8.91 Å². The van der Waals surface area contributed by atoms with Crippen molar-refractivity contribution in [2.45, 2.75) is 40.5 Å². The zero-order valence-electron chi connectivity index (χ0n) is 14.8. The average molecular weight is 368 g/mol. The lowest BCUT2D eigenvalue weighted by Gasteiger charge is -2.05. The van der Waals surface area contributed by atoms with Crippen LogP contribution in [0.5, 0.6) is 0 Å². The largest absolute Gasteiger partial charge is 0.284 e. The molecule has 1 N–H and O–H groups in total. The number of hydrogen-bond donors (Lipinski definition) is 1. The molecule has 0 fully saturated rings. The molecule has 0 saturated carbocycles. The van der Waals surface area contributed by atoms with E-state index in [-0.39, 0.29) is 6.61 Å². The van der Waals surface area contributed by atoms with Crippen LogP contribution < -0.4 is 4.72 Å². The molecule has 0 atom stereocenters. The van der Waals surface area contributed by atoms with Crippen LogP contribution >= 0.6 is 0 Å². The van der Waals surface area contributed by atoms with Gasteiger partial charge in [0.25, 0.3) is 10.1 Å². The Labute approximate surface area is 141 Å². The maximum Gasteiger partial charge on any atom is 0.264 e. The van der Waals surface area contributed by atoms with Gasteiger partial charge in [-0.05, 0) is 30.5 Å². The van der Waals surface area contributed by atoms with E-state index in [1.54, 1.807) is 24.3 Å². The SMILES string of the molecule is CC.CC.CS(=O)(=O)Nc1ccc(CCCOS(C)(=O)=O)cc1. The van der Waals surface area contributed by atoms with Gasteiger partial charge in [0.1, 0.15) is 0 Å². The van der Waals surface area contributed by atoms with E-state index in [1.165, 1.54) is 0 Å². The van der Waals surface area contributed by atoms with E-state index in [9.17, 15) is 16.8 Å². The van der Waals surface area contributed by atoms with E-state index >= 15 is 0 Å². The van der Waals surface area contributed by atoms with Crippen molar-refractivity contribution in [3.63, 3.8) is 0 Å². The predicted octanol–water partition coefficient (Wildman–Crippen LogP) is 3.02. The van der Waals surface area contributed by atoms with Crippen LogP contribution in [-0.4, -0.2) is 36.0 Å². The average Bonchev–Trinajstić information content (AvgIpc) is 2.47. The maximum atomic E-state index is 11.0. The molecular weight excluding hydrogens is 338 g/mol. The first-order valence-corrected chi connectivity index (χ1v) is 11.3. The molecule has 0 aliphatic carbocycles. The van der Waals surface area contributed by atoms with Crippen LogP contribution in [0.1, 0.15) is 39.7 Å². The third kappa shape index (κ3) is 15.5. The monoisotopic (exact) mass is 367 g/mol. The van der Waals surface area contributed by atoms with Gasteiger partial charge >= 0.3 is 0 Å². The summed E-state index contributed by atoms with van der Waals surface area (Å²) in [5, 5.41) is 0. The zero-order valence-corrected chi connectivity index (χ0v) is 16.4. The zero-order chi connectivity index (χ0) is 18.5. The molecule has 0 bridgehead atoms. The topological polar surface area (TPSA) is 89.5 Å². The molecule has 0 heterocycles. The van der Waals surface area contributed by atoms with Crippen molar-refractivity contribution in [1.82, 2.24) is 0 Å². The summed E-state index contributed by atoms with van der Waals surface area (Å²) in [6.07, 6.45) is 3.34. The van der Waals surface area contributed by atoms with Crippen molar-refractivity contribution in [1.29, 1.82) is 0 Å². The summed E-state index contributed by atoms with van der Waals surface area (Å²) in [6, 6.07) is 6.89. The Morgan fingerprint density at radius 3 is 1.78 bits per heavy atom. The normalized spacial score (nSPS) is 10.7. The summed E-state index contributed by atoms with van der Waals surface area (Å²) in [7, 11) is -6.65. The first-order chi connectivity index (χ1) is 10.7. The molecule has 0 unspecified atom stereocenters. The van der Waals surface area contributed by atoms with Crippen molar-refractivity contribution in [2.24, 2.45) is 0 Å². The van der Waals surface area contributed by atoms with E-state index in [0.717, 1.165) is 18.1 Å². The number of nitrogens with one attached hydrogen (secondary N) is 1. The van der Waals surface area contributed by atoms with Gasteiger partial charge in [-0.2, -0.15) is 8.42 Å². The second kappa shape index (κ2) is 12.3. The molecule has 1 rings (SSSR count). The van der Waals surface area contributed by atoms with E-state index in [0.29, 0.717) is 18.5 Å². The third-order valence-electron chi connectivity index (χ3n) is 2.16. The third-order valence-corrected chi connectivity index (χ3v) is 3.37. The van der Waals surface area contributed by atoms with E-state index in [4.69, 9.17) is 0 Å². The number of hydrogen-bond acceptors (Lipinski definition) is 5. The Bertz CT molecular complexity index is 608. The summed E-state index contributed by atoms with van der Waals surface area (Å²) < 4.78 is 50.5. The van der Waals surface area contributed by atoms with Gasteiger partial charge in [0.2, 0.25) is 10.0 Å². The lowest BCUT2D eigenvalue weighted by Crippen LogP contribution is -2.09. The number of benzene rings is 1. The fourth-order valence-electron chi connectivity index (χ4n) is 1.44. The number of aryl methyl sites for hydroxylation is 1. The molecule has 8 heteroatoms. The van der Waals surface area contributed by atoms with Crippen LogP contribution in [-0.2, 0) is 30.7 Å². The Morgan fingerprint density at radius 2 is 1.39 bits per heavy atom. The predicted molar refractivity (Wildman–Crippen MR) is 96.7 cm³/mol. The second-order valence-corrected chi connectivity index (χ2v) is 7.59. The van der Waals surface area contributed by atoms with Gasteiger partial charge in [0.15, 0.2) is 0 Å². The molecule has 23 heavy (non-hydrogen) atoms. The Morgan fingerprint density at radius 1 is 0.913 bits per heavy atom. The lowest BCUT2D eigenvalue weighted by molar-refractivity contribution is 0.316. The molecule has 0 radical (unpaired) electrons. The Hall–Kier alpha value is -1.12. The van der Waals surface area contributed by atoms with Gasteiger partial charge in [0, 0.05) is 5.69 Å². The minimum atomic E-state index is -3.38. The highest BCUT2D eigenvalue weighted by Gasteiger charge is 2.03. The summed E-state index contributed by atoms with van der Waals surface area (Å²) in [6.45, 7) is 8.14. The minimum Gasteiger partial charge on any atom is -0.284 e. The van der Waals surface area contributed by atoms with Gasteiger partial charge in [0.05, 0.1) is 19.1 Å². The van der Waals surface area contributed by atoms with Crippen LogP contribution in [0.4, 0.5) is 5.69 Å². The number of rotatable bonds is 7. The van der Waals surface area contributed by atoms with Crippen molar-refractivity contribution in [3.05, 3.63) is 29.8 Å². The molecule has 0 spiro atoms. The molecule has 1 aromatic carbocycles. The van der Waals surface area contributed by atoms with Gasteiger partial charge < -0.3 is 0 Å². The standard InChI is InChI=1S/C11H17NO5S2.2C2H6/c1-18(13,14)12-11-7-5-10(6-8-11)4-3-9-17-19(2,15)16;2*1-2/h5-8,12H,3-4,9H2,1-2H3;2*1-2H3. The summed E-state index contributed by atoms with van der Waals surface area (Å²) in [5.74, 6) is 0. The van der Waals surface area contributed by atoms with Crippen LogP contribution in [0.15, 0.2) is 24.3 Å². The quantitative estimate of drug-likeness (QED) is 0.591. The summed E-state index contributed by atoms with van der Waals surface area (Å²) >= 11 is 0. The van der Waals surface area contributed by atoms with Crippen LogP contribution in [0.2, 0.25) is 0 Å². The molecular formula is C15H29NO5S2. The highest BCUT2D eigenvalue weighted by atomic mass is 32.2. The van der Waals surface area contributed by atoms with Gasteiger partial charge in [-0.25, -0.2) is 8.42 Å². The summed E-state index contributed by atoms with van der Waals surface area (Å²) in [5.41, 5.74) is 1.48. The van der Waals surface area contributed by atoms with Crippen molar-refractivity contribution >= 4 is 25.8 Å². The first kappa shape index (κ1) is 24.1. The smallest absolute Gasteiger partial charge is 0.264 e. The molecule has 0 aliphatic heterocycles. The van der Waals surface area contributed by atoms with E-state index in [2.05, 4.69) is 8.91 Å². The molecule has 1 aromatic rings. The highest BCUT2D eigenvalue weighted by Crippen LogP contribution is 2.12. The Balaban J connectivity index is 0. The fourth-order valence-corrected chi connectivity index (χ4v) is 2.42. The van der Waals surface area contributed by atoms with Gasteiger partial charge in [-0.15, -0.1) is 0 Å².